The summed E-state index contributed by atoms with van der Waals surface area (Å²) < 4.78 is 0. The highest BCUT2D eigenvalue weighted by Crippen LogP contribution is 2.13. The Morgan fingerprint density at radius 2 is 2.05 bits per heavy atom. The van der Waals surface area contributed by atoms with E-state index in [9.17, 15) is 9.59 Å². The number of carbonyl (C=O) groups excluding carboxylic acids is 2. The number of hydrogen-bond donors (Lipinski definition) is 3. The number of benzene rings is 1. The molecule has 6 nitrogen and oxygen atoms in total. The van der Waals surface area contributed by atoms with Gasteiger partial charge >= 0.3 is 6.03 Å². The number of rotatable bonds is 3. The van der Waals surface area contributed by atoms with E-state index < -0.39 is 0 Å². The van der Waals surface area contributed by atoms with Crippen LogP contribution in [0.3, 0.4) is 0 Å². The fraction of sp³-hybridized carbons (Fsp3) is 0.429. The van der Waals surface area contributed by atoms with Gasteiger partial charge < -0.3 is 21.3 Å². The summed E-state index contributed by atoms with van der Waals surface area (Å²) in [4.78, 5) is 24.8. The molecule has 1 fully saturated rings. The summed E-state index contributed by atoms with van der Waals surface area (Å²) >= 11 is 0. The smallest absolute Gasteiger partial charge is 0.321 e. The fourth-order valence-corrected chi connectivity index (χ4v) is 2.28. The zero-order valence-electron chi connectivity index (χ0n) is 11.6. The third-order valence-electron chi connectivity index (χ3n) is 3.32. The van der Waals surface area contributed by atoms with E-state index in [0.29, 0.717) is 19.6 Å². The molecule has 1 aliphatic rings. The Labute approximate surface area is 118 Å². The zero-order valence-corrected chi connectivity index (χ0v) is 11.6. The fourth-order valence-electron chi connectivity index (χ4n) is 2.28. The predicted octanol–water partition coefficient (Wildman–Crippen LogP) is 0.888. The van der Waals surface area contributed by atoms with E-state index >= 15 is 0 Å². The van der Waals surface area contributed by atoms with Gasteiger partial charge in [-0.15, -0.1) is 0 Å². The summed E-state index contributed by atoms with van der Waals surface area (Å²) in [5.41, 5.74) is 7.29. The van der Waals surface area contributed by atoms with E-state index in [1.54, 1.807) is 4.90 Å². The van der Waals surface area contributed by atoms with Crippen molar-refractivity contribution in [2.24, 2.45) is 5.73 Å². The van der Waals surface area contributed by atoms with E-state index in [-0.39, 0.29) is 18.0 Å². The molecule has 20 heavy (non-hydrogen) atoms. The standard InChI is InChI=1S/C14H20N4O2/c1-10(19)16-13-6-7-18(9-13)14(20)17-12-4-2-11(8-15)3-5-12/h2-5,13H,6-9,15H2,1H3,(H,16,19)(H,17,20). The number of hydrogen-bond acceptors (Lipinski definition) is 3. The Morgan fingerprint density at radius 1 is 1.35 bits per heavy atom. The average molecular weight is 276 g/mol. The van der Waals surface area contributed by atoms with Crippen LogP contribution in [0.2, 0.25) is 0 Å². The van der Waals surface area contributed by atoms with Gasteiger partial charge in [0, 0.05) is 38.3 Å². The number of anilines is 1. The van der Waals surface area contributed by atoms with Crippen LogP contribution in [-0.2, 0) is 11.3 Å². The summed E-state index contributed by atoms with van der Waals surface area (Å²) in [6, 6.07) is 7.36. The highest BCUT2D eigenvalue weighted by atomic mass is 16.2. The van der Waals surface area contributed by atoms with Crippen molar-refractivity contribution in [3.8, 4) is 0 Å². The lowest BCUT2D eigenvalue weighted by atomic mass is 10.2. The van der Waals surface area contributed by atoms with Gasteiger partial charge in [-0.3, -0.25) is 4.79 Å². The van der Waals surface area contributed by atoms with Crippen molar-refractivity contribution in [1.29, 1.82) is 0 Å². The van der Waals surface area contributed by atoms with Crippen molar-refractivity contribution in [2.45, 2.75) is 25.9 Å². The molecule has 3 amide bonds. The van der Waals surface area contributed by atoms with Gasteiger partial charge in [-0.25, -0.2) is 4.79 Å². The third-order valence-corrected chi connectivity index (χ3v) is 3.32. The lowest BCUT2D eigenvalue weighted by molar-refractivity contribution is -0.119. The van der Waals surface area contributed by atoms with Crippen LogP contribution < -0.4 is 16.4 Å². The van der Waals surface area contributed by atoms with Crippen molar-refractivity contribution in [3.63, 3.8) is 0 Å². The minimum Gasteiger partial charge on any atom is -0.352 e. The maximum Gasteiger partial charge on any atom is 0.321 e. The van der Waals surface area contributed by atoms with Gasteiger partial charge in [0.05, 0.1) is 0 Å². The Bertz CT molecular complexity index is 486. The molecule has 1 heterocycles. The van der Waals surface area contributed by atoms with Gasteiger partial charge in [-0.2, -0.15) is 0 Å². The molecule has 0 radical (unpaired) electrons. The second-order valence-electron chi connectivity index (χ2n) is 4.96. The molecule has 0 saturated carbocycles. The summed E-state index contributed by atoms with van der Waals surface area (Å²) in [7, 11) is 0. The summed E-state index contributed by atoms with van der Waals surface area (Å²) in [5, 5.41) is 5.67. The summed E-state index contributed by atoms with van der Waals surface area (Å²) in [6.07, 6.45) is 0.791. The van der Waals surface area contributed by atoms with Gasteiger partial charge in [-0.1, -0.05) is 12.1 Å². The van der Waals surface area contributed by atoms with Crippen LogP contribution in [0, 0.1) is 0 Å². The number of nitrogens with two attached hydrogens (primary N) is 1. The normalized spacial score (nSPS) is 17.9. The molecular formula is C14H20N4O2. The molecule has 4 N–H and O–H groups in total. The van der Waals surface area contributed by atoms with E-state index in [1.807, 2.05) is 24.3 Å². The van der Waals surface area contributed by atoms with Crippen molar-refractivity contribution in [2.75, 3.05) is 18.4 Å². The van der Waals surface area contributed by atoms with Crippen molar-refractivity contribution < 1.29 is 9.59 Å². The first-order chi connectivity index (χ1) is 9.58. The van der Waals surface area contributed by atoms with Crippen LogP contribution in [0.25, 0.3) is 0 Å². The molecule has 1 atom stereocenters. The third kappa shape index (κ3) is 3.71. The van der Waals surface area contributed by atoms with Gasteiger partial charge in [-0.05, 0) is 24.1 Å². The van der Waals surface area contributed by atoms with Crippen LogP contribution in [-0.4, -0.2) is 36.0 Å². The Hall–Kier alpha value is -2.08. The molecule has 1 aromatic carbocycles. The van der Waals surface area contributed by atoms with Crippen LogP contribution in [0.5, 0.6) is 0 Å². The highest BCUT2D eigenvalue weighted by Gasteiger charge is 2.26. The van der Waals surface area contributed by atoms with Crippen LogP contribution >= 0.6 is 0 Å². The molecule has 1 aromatic rings. The minimum atomic E-state index is -0.140. The number of urea groups is 1. The number of nitrogens with one attached hydrogen (secondary N) is 2. The first-order valence-corrected chi connectivity index (χ1v) is 6.70. The summed E-state index contributed by atoms with van der Waals surface area (Å²) in [6.45, 7) is 3.17. The van der Waals surface area contributed by atoms with E-state index in [1.165, 1.54) is 6.92 Å². The average Bonchev–Trinajstić information content (AvgIpc) is 2.87. The Balaban J connectivity index is 1.87. The largest absolute Gasteiger partial charge is 0.352 e. The predicted molar refractivity (Wildman–Crippen MR) is 77.1 cm³/mol. The molecule has 108 valence electrons. The van der Waals surface area contributed by atoms with Crippen molar-refractivity contribution in [3.05, 3.63) is 29.8 Å². The number of carbonyl (C=O) groups is 2. The Morgan fingerprint density at radius 3 is 2.65 bits per heavy atom. The van der Waals surface area contributed by atoms with Crippen molar-refractivity contribution in [1.82, 2.24) is 10.2 Å². The molecular weight excluding hydrogens is 256 g/mol. The maximum absolute atomic E-state index is 12.1. The van der Waals surface area contributed by atoms with Crippen LogP contribution in [0.4, 0.5) is 10.5 Å². The molecule has 0 aromatic heterocycles. The number of nitrogens with zero attached hydrogens (tertiary/aromatic N) is 1. The minimum absolute atomic E-state index is 0.0536. The SMILES string of the molecule is CC(=O)NC1CCN(C(=O)Nc2ccc(CN)cc2)C1. The van der Waals surface area contributed by atoms with Gasteiger partial charge in [0.25, 0.3) is 0 Å². The maximum atomic E-state index is 12.1. The zero-order chi connectivity index (χ0) is 14.5. The van der Waals surface area contributed by atoms with Crippen LogP contribution in [0.1, 0.15) is 18.9 Å². The molecule has 1 saturated heterocycles. The first kappa shape index (κ1) is 14.3. The molecule has 0 aliphatic carbocycles. The van der Waals surface area contributed by atoms with Gasteiger partial charge in [0.15, 0.2) is 0 Å². The molecule has 2 rings (SSSR count). The summed E-state index contributed by atoms with van der Waals surface area (Å²) in [5.74, 6) is -0.0605. The highest BCUT2D eigenvalue weighted by molar-refractivity contribution is 5.89. The lowest BCUT2D eigenvalue weighted by Crippen LogP contribution is -2.38. The monoisotopic (exact) mass is 276 g/mol. The van der Waals surface area contributed by atoms with Gasteiger partial charge in [0.2, 0.25) is 5.91 Å². The molecule has 6 heteroatoms. The van der Waals surface area contributed by atoms with Crippen molar-refractivity contribution >= 4 is 17.6 Å². The van der Waals surface area contributed by atoms with E-state index in [2.05, 4.69) is 10.6 Å². The molecule has 1 unspecified atom stereocenters. The van der Waals surface area contributed by atoms with Gasteiger partial charge in [0.1, 0.15) is 0 Å². The van der Waals surface area contributed by atoms with Crippen LogP contribution in [0.15, 0.2) is 24.3 Å². The molecule has 0 bridgehead atoms. The van der Waals surface area contributed by atoms with E-state index in [0.717, 1.165) is 17.7 Å². The quantitative estimate of drug-likeness (QED) is 0.766. The topological polar surface area (TPSA) is 87.5 Å². The molecule has 0 spiro atoms. The first-order valence-electron chi connectivity index (χ1n) is 6.70. The lowest BCUT2D eigenvalue weighted by Gasteiger charge is -2.17. The molecule has 1 aliphatic heterocycles. The number of likely N-dealkylation sites (tertiary alicyclic amines) is 1. The van der Waals surface area contributed by atoms with E-state index in [4.69, 9.17) is 5.73 Å². The number of amides is 3. The second-order valence-corrected chi connectivity index (χ2v) is 4.96. The second kappa shape index (κ2) is 6.38. The Kier molecular flexibility index (Phi) is 4.57.